The normalized spacial score (nSPS) is 17.9. The van der Waals surface area contributed by atoms with Crippen molar-refractivity contribution in [1.29, 1.82) is 0 Å². The van der Waals surface area contributed by atoms with Crippen LogP contribution in [0.4, 0.5) is 23.4 Å². The maximum atomic E-state index is 14.2. The van der Waals surface area contributed by atoms with Crippen LogP contribution in [0.25, 0.3) is 28.2 Å². The zero-order valence-corrected chi connectivity index (χ0v) is 18.1. The second-order valence-corrected chi connectivity index (χ2v) is 7.95. The molecule has 1 fully saturated rings. The topological polar surface area (TPSA) is 81.3 Å². The standard InChI is InChI=1S/C22H21F4N7O/c1-34-17-7-20-28-9-16(32(20)11-14(17)13-8-29-33(10-13)21(23)24)15-3-2-4-19(30-15)31-18-5-6-27-12-22(18,25)26/h2-4,7-11,18,21,27H,5-6,12H2,1H3,(H,30,31). The molecule has 1 unspecified atom stereocenters. The number of aromatic nitrogens is 5. The maximum Gasteiger partial charge on any atom is 0.333 e. The Morgan fingerprint density at radius 2 is 2.09 bits per heavy atom. The van der Waals surface area contributed by atoms with Gasteiger partial charge >= 0.3 is 6.55 Å². The Morgan fingerprint density at radius 3 is 2.82 bits per heavy atom. The van der Waals surface area contributed by atoms with E-state index in [2.05, 4.69) is 25.7 Å². The number of anilines is 1. The van der Waals surface area contributed by atoms with Crippen molar-refractivity contribution in [3.8, 4) is 28.3 Å². The molecule has 4 aromatic rings. The van der Waals surface area contributed by atoms with E-state index >= 15 is 0 Å². The van der Waals surface area contributed by atoms with Crippen molar-refractivity contribution in [3.05, 3.63) is 49.1 Å². The number of piperidine rings is 1. The fourth-order valence-electron chi connectivity index (χ4n) is 4.01. The zero-order chi connectivity index (χ0) is 23.9. The molecular formula is C22H21F4N7O. The van der Waals surface area contributed by atoms with Crippen molar-refractivity contribution < 1.29 is 22.3 Å². The molecule has 1 saturated heterocycles. The number of alkyl halides is 4. The average molecular weight is 475 g/mol. The minimum atomic E-state index is -2.90. The van der Waals surface area contributed by atoms with Crippen LogP contribution >= 0.6 is 0 Å². The van der Waals surface area contributed by atoms with E-state index in [0.29, 0.717) is 51.0 Å². The number of rotatable bonds is 6. The fourth-order valence-corrected chi connectivity index (χ4v) is 4.01. The van der Waals surface area contributed by atoms with E-state index in [4.69, 9.17) is 4.74 Å². The first-order valence-corrected chi connectivity index (χ1v) is 10.6. The number of halogens is 4. The lowest BCUT2D eigenvalue weighted by Crippen LogP contribution is -2.52. The second-order valence-electron chi connectivity index (χ2n) is 7.95. The number of imidazole rings is 1. The van der Waals surface area contributed by atoms with Gasteiger partial charge in [0.15, 0.2) is 0 Å². The summed E-state index contributed by atoms with van der Waals surface area (Å²) in [5.74, 6) is -2.13. The van der Waals surface area contributed by atoms with Gasteiger partial charge in [-0.25, -0.2) is 23.4 Å². The van der Waals surface area contributed by atoms with Gasteiger partial charge in [-0.2, -0.15) is 13.9 Å². The summed E-state index contributed by atoms with van der Waals surface area (Å²) in [5, 5.41) is 9.25. The molecule has 0 radical (unpaired) electrons. The first-order valence-electron chi connectivity index (χ1n) is 10.6. The number of hydrogen-bond donors (Lipinski definition) is 2. The summed E-state index contributed by atoms with van der Waals surface area (Å²) >= 11 is 0. The molecule has 4 aromatic heterocycles. The predicted molar refractivity (Wildman–Crippen MR) is 117 cm³/mol. The Morgan fingerprint density at radius 1 is 1.24 bits per heavy atom. The highest BCUT2D eigenvalue weighted by Crippen LogP contribution is 2.34. The van der Waals surface area contributed by atoms with Gasteiger partial charge in [0.2, 0.25) is 0 Å². The van der Waals surface area contributed by atoms with Crippen molar-refractivity contribution >= 4 is 11.5 Å². The second kappa shape index (κ2) is 8.60. The van der Waals surface area contributed by atoms with E-state index in [0.717, 1.165) is 0 Å². The van der Waals surface area contributed by atoms with Crippen LogP contribution in [0.15, 0.2) is 49.1 Å². The van der Waals surface area contributed by atoms with E-state index in [-0.39, 0.29) is 13.0 Å². The van der Waals surface area contributed by atoms with Crippen molar-refractivity contribution in [2.75, 3.05) is 25.5 Å². The molecule has 1 atom stereocenters. The van der Waals surface area contributed by atoms with E-state index in [1.54, 1.807) is 41.1 Å². The Labute approximate surface area is 191 Å². The molecule has 0 aliphatic carbocycles. The van der Waals surface area contributed by atoms with Crippen LogP contribution in [0, 0.1) is 0 Å². The van der Waals surface area contributed by atoms with Crippen LogP contribution in [-0.4, -0.2) is 56.3 Å². The van der Waals surface area contributed by atoms with E-state index < -0.39 is 18.5 Å². The molecule has 5 rings (SSSR count). The van der Waals surface area contributed by atoms with Crippen molar-refractivity contribution in [2.24, 2.45) is 0 Å². The quantitative estimate of drug-likeness (QED) is 0.409. The third-order valence-electron chi connectivity index (χ3n) is 5.76. The van der Waals surface area contributed by atoms with Crippen molar-refractivity contribution in [2.45, 2.75) is 24.9 Å². The highest BCUT2D eigenvalue weighted by Gasteiger charge is 2.41. The molecule has 0 bridgehead atoms. The summed E-state index contributed by atoms with van der Waals surface area (Å²) in [7, 11) is 1.48. The number of pyridine rings is 2. The Hall–Kier alpha value is -3.67. The van der Waals surface area contributed by atoms with Gasteiger partial charge in [0.05, 0.1) is 43.5 Å². The molecule has 1 aliphatic rings. The molecule has 8 nitrogen and oxygen atoms in total. The fraction of sp³-hybridized carbons (Fsp3) is 0.318. The Bertz CT molecular complexity index is 1320. The van der Waals surface area contributed by atoms with Gasteiger partial charge in [-0.1, -0.05) is 6.07 Å². The third kappa shape index (κ3) is 4.04. The van der Waals surface area contributed by atoms with Crippen LogP contribution in [-0.2, 0) is 0 Å². The minimum absolute atomic E-state index is 0.268. The van der Waals surface area contributed by atoms with Crippen molar-refractivity contribution in [1.82, 2.24) is 29.5 Å². The summed E-state index contributed by atoms with van der Waals surface area (Å²) in [6, 6.07) is 5.75. The van der Waals surface area contributed by atoms with Gasteiger partial charge in [0.25, 0.3) is 5.92 Å². The molecular weight excluding hydrogens is 454 g/mol. The van der Waals surface area contributed by atoms with Crippen LogP contribution < -0.4 is 15.4 Å². The van der Waals surface area contributed by atoms with Crippen LogP contribution in [0.3, 0.4) is 0 Å². The van der Waals surface area contributed by atoms with Gasteiger partial charge in [-0.05, 0) is 25.1 Å². The minimum Gasteiger partial charge on any atom is -0.496 e. The van der Waals surface area contributed by atoms with E-state index in [1.807, 2.05) is 0 Å². The summed E-state index contributed by atoms with van der Waals surface area (Å²) in [4.78, 5) is 8.92. The highest BCUT2D eigenvalue weighted by atomic mass is 19.3. The molecule has 34 heavy (non-hydrogen) atoms. The summed E-state index contributed by atoms with van der Waals surface area (Å²) < 4.78 is 62.2. The molecule has 178 valence electrons. The lowest BCUT2D eigenvalue weighted by molar-refractivity contribution is -0.0322. The van der Waals surface area contributed by atoms with Gasteiger partial charge in [-0.3, -0.25) is 4.40 Å². The first-order chi connectivity index (χ1) is 16.4. The summed E-state index contributed by atoms with van der Waals surface area (Å²) in [5.41, 5.74) is 2.62. The number of ether oxygens (including phenoxy) is 1. The maximum absolute atomic E-state index is 14.2. The summed E-state index contributed by atoms with van der Waals surface area (Å²) in [6.45, 7) is -2.66. The number of nitrogens with zero attached hydrogens (tertiary/aromatic N) is 5. The van der Waals surface area contributed by atoms with Gasteiger partial charge < -0.3 is 15.4 Å². The molecule has 1 aliphatic heterocycles. The molecule has 0 saturated carbocycles. The molecule has 5 heterocycles. The number of nitrogens with one attached hydrogen (secondary N) is 2. The largest absolute Gasteiger partial charge is 0.496 e. The van der Waals surface area contributed by atoms with Crippen LogP contribution in [0.1, 0.15) is 13.0 Å². The third-order valence-corrected chi connectivity index (χ3v) is 5.76. The van der Waals surface area contributed by atoms with E-state index in [9.17, 15) is 17.6 Å². The van der Waals surface area contributed by atoms with Gasteiger partial charge in [0, 0.05) is 29.6 Å². The molecule has 0 amide bonds. The predicted octanol–water partition coefficient (Wildman–Crippen LogP) is 4.07. The zero-order valence-electron chi connectivity index (χ0n) is 18.1. The molecule has 2 N–H and O–H groups in total. The van der Waals surface area contributed by atoms with Gasteiger partial charge in [0.1, 0.15) is 17.2 Å². The highest BCUT2D eigenvalue weighted by molar-refractivity contribution is 5.73. The number of methoxy groups -OCH3 is 1. The number of fused-ring (bicyclic) bond motifs is 1. The van der Waals surface area contributed by atoms with E-state index in [1.165, 1.54) is 19.5 Å². The Kier molecular flexibility index (Phi) is 5.60. The van der Waals surface area contributed by atoms with Gasteiger partial charge in [-0.15, -0.1) is 0 Å². The first kappa shape index (κ1) is 22.1. The number of hydrogen-bond acceptors (Lipinski definition) is 6. The average Bonchev–Trinajstić information content (AvgIpc) is 3.47. The smallest absolute Gasteiger partial charge is 0.333 e. The SMILES string of the molecule is COc1cc2ncc(-c3cccc(NC4CCNCC4(F)F)n3)n2cc1-c1cnn(C(F)F)c1. The summed E-state index contributed by atoms with van der Waals surface area (Å²) in [6.07, 6.45) is 6.13. The lowest BCUT2D eigenvalue weighted by Gasteiger charge is -2.32. The lowest BCUT2D eigenvalue weighted by atomic mass is 10.0. The molecule has 0 spiro atoms. The Balaban J connectivity index is 1.52. The molecule has 12 heteroatoms. The monoisotopic (exact) mass is 475 g/mol. The van der Waals surface area contributed by atoms with Crippen LogP contribution in [0.2, 0.25) is 0 Å². The molecule has 0 aromatic carbocycles. The van der Waals surface area contributed by atoms with Crippen LogP contribution in [0.5, 0.6) is 5.75 Å². The van der Waals surface area contributed by atoms with Crippen molar-refractivity contribution in [3.63, 3.8) is 0 Å².